The molecule has 2 rings (SSSR count). The van der Waals surface area contributed by atoms with Gasteiger partial charge in [0.05, 0.1) is 7.11 Å². The molecule has 0 unspecified atom stereocenters. The molecule has 0 aromatic heterocycles. The number of aryl methyl sites for hydroxylation is 1. The number of guanidine groups is 1. The Kier molecular flexibility index (Phi) is 9.32. The van der Waals surface area contributed by atoms with Crippen molar-refractivity contribution in [3.8, 4) is 5.75 Å². The van der Waals surface area contributed by atoms with Crippen LogP contribution in [0.25, 0.3) is 0 Å². The normalized spacial score (nSPS) is 16.5. The standard InChI is InChI=1S/C21H36N4O/c1-4-15-25-16-12-19(13-17-25)24-21(22-5-2)23-14-6-7-18-8-10-20(26-3)11-9-18/h8-11,19H,4-7,12-17H2,1-3H3,(H2,22,23,24). The molecular formula is C21H36N4O. The van der Waals surface area contributed by atoms with Gasteiger partial charge in [0, 0.05) is 32.2 Å². The second kappa shape index (κ2) is 11.8. The third kappa shape index (κ3) is 7.24. The first-order valence-electron chi connectivity index (χ1n) is 10.1. The maximum Gasteiger partial charge on any atom is 0.191 e. The van der Waals surface area contributed by atoms with Gasteiger partial charge in [-0.3, -0.25) is 4.99 Å². The monoisotopic (exact) mass is 360 g/mol. The van der Waals surface area contributed by atoms with E-state index in [1.807, 2.05) is 12.1 Å². The maximum atomic E-state index is 5.20. The smallest absolute Gasteiger partial charge is 0.191 e. The molecule has 5 nitrogen and oxygen atoms in total. The zero-order valence-electron chi connectivity index (χ0n) is 16.8. The average molecular weight is 361 g/mol. The van der Waals surface area contributed by atoms with E-state index in [-0.39, 0.29) is 0 Å². The molecule has 0 aliphatic carbocycles. The molecule has 1 fully saturated rings. The first-order chi connectivity index (χ1) is 12.7. The Labute approximate surface area is 159 Å². The summed E-state index contributed by atoms with van der Waals surface area (Å²) in [6.45, 7) is 9.75. The van der Waals surface area contributed by atoms with Crippen molar-refractivity contribution in [2.45, 2.75) is 52.0 Å². The fraction of sp³-hybridized carbons (Fsp3) is 0.667. The summed E-state index contributed by atoms with van der Waals surface area (Å²) >= 11 is 0. The third-order valence-corrected chi connectivity index (χ3v) is 4.87. The number of ether oxygens (including phenoxy) is 1. The second-order valence-electron chi connectivity index (χ2n) is 6.97. The number of piperidine rings is 1. The van der Waals surface area contributed by atoms with Crippen molar-refractivity contribution >= 4 is 5.96 Å². The fourth-order valence-electron chi connectivity index (χ4n) is 3.40. The molecule has 0 radical (unpaired) electrons. The van der Waals surface area contributed by atoms with E-state index in [1.54, 1.807) is 7.11 Å². The summed E-state index contributed by atoms with van der Waals surface area (Å²) in [4.78, 5) is 7.33. The van der Waals surface area contributed by atoms with Crippen molar-refractivity contribution in [1.29, 1.82) is 0 Å². The molecule has 1 aromatic rings. The summed E-state index contributed by atoms with van der Waals surface area (Å²) in [6, 6.07) is 8.86. The Morgan fingerprint density at radius 1 is 1.19 bits per heavy atom. The predicted molar refractivity (Wildman–Crippen MR) is 110 cm³/mol. The summed E-state index contributed by atoms with van der Waals surface area (Å²) in [5, 5.41) is 7.02. The highest BCUT2D eigenvalue weighted by Crippen LogP contribution is 2.13. The number of nitrogens with one attached hydrogen (secondary N) is 2. The number of methoxy groups -OCH3 is 1. The average Bonchev–Trinajstić information content (AvgIpc) is 2.67. The SMILES string of the molecule is CCCN1CCC(NC(=NCCCc2ccc(OC)cc2)NCC)CC1. The van der Waals surface area contributed by atoms with Crippen LogP contribution in [0.4, 0.5) is 0 Å². The molecule has 1 heterocycles. The van der Waals surface area contributed by atoms with Crippen LogP contribution in [0.2, 0.25) is 0 Å². The van der Waals surface area contributed by atoms with Crippen LogP contribution in [-0.4, -0.2) is 56.7 Å². The fourth-order valence-corrected chi connectivity index (χ4v) is 3.40. The molecule has 5 heteroatoms. The van der Waals surface area contributed by atoms with Gasteiger partial charge in [0.25, 0.3) is 0 Å². The third-order valence-electron chi connectivity index (χ3n) is 4.87. The highest BCUT2D eigenvalue weighted by molar-refractivity contribution is 5.80. The Balaban J connectivity index is 1.73. The van der Waals surface area contributed by atoms with E-state index in [1.165, 1.54) is 44.5 Å². The van der Waals surface area contributed by atoms with E-state index >= 15 is 0 Å². The maximum absolute atomic E-state index is 5.20. The molecule has 26 heavy (non-hydrogen) atoms. The van der Waals surface area contributed by atoms with Crippen LogP contribution in [0.5, 0.6) is 5.75 Å². The summed E-state index contributed by atoms with van der Waals surface area (Å²) in [7, 11) is 1.70. The van der Waals surface area contributed by atoms with Gasteiger partial charge < -0.3 is 20.3 Å². The van der Waals surface area contributed by atoms with Crippen molar-refractivity contribution in [3.63, 3.8) is 0 Å². The van der Waals surface area contributed by atoms with Crippen LogP contribution in [0.15, 0.2) is 29.3 Å². The van der Waals surface area contributed by atoms with Crippen LogP contribution < -0.4 is 15.4 Å². The summed E-state index contributed by atoms with van der Waals surface area (Å²) in [5.74, 6) is 1.88. The molecule has 2 N–H and O–H groups in total. The van der Waals surface area contributed by atoms with E-state index in [2.05, 4.69) is 41.5 Å². The predicted octanol–water partition coefficient (Wildman–Crippen LogP) is 3.06. The van der Waals surface area contributed by atoms with Crippen LogP contribution >= 0.6 is 0 Å². The van der Waals surface area contributed by atoms with Gasteiger partial charge in [-0.25, -0.2) is 0 Å². The quantitative estimate of drug-likeness (QED) is 0.404. The number of benzene rings is 1. The Hall–Kier alpha value is -1.75. The van der Waals surface area contributed by atoms with Gasteiger partial charge in [-0.15, -0.1) is 0 Å². The van der Waals surface area contributed by atoms with E-state index in [0.29, 0.717) is 6.04 Å². The number of aliphatic imine (C=N–C) groups is 1. The van der Waals surface area contributed by atoms with Crippen molar-refractivity contribution in [2.75, 3.05) is 39.8 Å². The van der Waals surface area contributed by atoms with Crippen LogP contribution in [0.1, 0.15) is 45.1 Å². The van der Waals surface area contributed by atoms with Gasteiger partial charge in [0.1, 0.15) is 5.75 Å². The number of hydrogen-bond donors (Lipinski definition) is 2. The first kappa shape index (κ1) is 20.6. The van der Waals surface area contributed by atoms with Gasteiger partial charge in [0.15, 0.2) is 5.96 Å². The summed E-state index contributed by atoms with van der Waals surface area (Å²) in [5.41, 5.74) is 1.34. The van der Waals surface area contributed by atoms with Crippen molar-refractivity contribution < 1.29 is 4.74 Å². The molecule has 1 aliphatic rings. The van der Waals surface area contributed by atoms with Crippen LogP contribution in [0.3, 0.4) is 0 Å². The van der Waals surface area contributed by atoms with Crippen molar-refractivity contribution in [1.82, 2.24) is 15.5 Å². The molecule has 0 amide bonds. The lowest BCUT2D eigenvalue weighted by molar-refractivity contribution is 0.206. The highest BCUT2D eigenvalue weighted by Gasteiger charge is 2.19. The Morgan fingerprint density at radius 3 is 2.54 bits per heavy atom. The number of rotatable bonds is 9. The van der Waals surface area contributed by atoms with Crippen molar-refractivity contribution in [3.05, 3.63) is 29.8 Å². The lowest BCUT2D eigenvalue weighted by Gasteiger charge is -2.32. The minimum absolute atomic E-state index is 0.544. The first-order valence-corrected chi connectivity index (χ1v) is 10.1. The number of hydrogen-bond acceptors (Lipinski definition) is 3. The second-order valence-corrected chi connectivity index (χ2v) is 6.97. The lowest BCUT2D eigenvalue weighted by atomic mass is 10.1. The van der Waals surface area contributed by atoms with Crippen LogP contribution in [0, 0.1) is 0 Å². The molecule has 0 spiro atoms. The number of nitrogens with zero attached hydrogens (tertiary/aromatic N) is 2. The molecule has 1 saturated heterocycles. The van der Waals surface area contributed by atoms with E-state index in [0.717, 1.165) is 37.6 Å². The molecule has 0 saturated carbocycles. The van der Waals surface area contributed by atoms with Gasteiger partial charge >= 0.3 is 0 Å². The lowest BCUT2D eigenvalue weighted by Crippen LogP contribution is -2.48. The molecule has 146 valence electrons. The van der Waals surface area contributed by atoms with Gasteiger partial charge in [-0.2, -0.15) is 0 Å². The zero-order chi connectivity index (χ0) is 18.6. The van der Waals surface area contributed by atoms with Crippen LogP contribution in [-0.2, 0) is 6.42 Å². The zero-order valence-corrected chi connectivity index (χ0v) is 16.8. The van der Waals surface area contributed by atoms with E-state index < -0.39 is 0 Å². The summed E-state index contributed by atoms with van der Waals surface area (Å²) < 4.78 is 5.20. The molecule has 0 atom stereocenters. The van der Waals surface area contributed by atoms with E-state index in [4.69, 9.17) is 9.73 Å². The van der Waals surface area contributed by atoms with Gasteiger partial charge in [0.2, 0.25) is 0 Å². The van der Waals surface area contributed by atoms with Gasteiger partial charge in [-0.05, 0) is 63.3 Å². The van der Waals surface area contributed by atoms with Gasteiger partial charge in [-0.1, -0.05) is 19.1 Å². The molecular weight excluding hydrogens is 324 g/mol. The minimum Gasteiger partial charge on any atom is -0.497 e. The Morgan fingerprint density at radius 2 is 1.92 bits per heavy atom. The van der Waals surface area contributed by atoms with E-state index in [9.17, 15) is 0 Å². The topological polar surface area (TPSA) is 48.9 Å². The highest BCUT2D eigenvalue weighted by atomic mass is 16.5. The molecule has 1 aliphatic heterocycles. The summed E-state index contributed by atoms with van der Waals surface area (Å²) in [6.07, 6.45) is 5.75. The Bertz CT molecular complexity index is 521. The molecule has 1 aromatic carbocycles. The number of likely N-dealkylation sites (tertiary alicyclic amines) is 1. The minimum atomic E-state index is 0.544. The molecule has 0 bridgehead atoms. The largest absolute Gasteiger partial charge is 0.497 e. The van der Waals surface area contributed by atoms with Crippen molar-refractivity contribution in [2.24, 2.45) is 4.99 Å².